The third kappa shape index (κ3) is 3.86. The van der Waals surface area contributed by atoms with E-state index in [0.29, 0.717) is 0 Å². The number of nitrogens with zero attached hydrogens (tertiary/aromatic N) is 1. The molecule has 1 heterocycles. The molecular formula is C19H22ClNO2. The molecule has 0 N–H and O–H groups in total. The fraction of sp³-hybridized carbons (Fsp3) is 0.368. The van der Waals surface area contributed by atoms with Crippen LogP contribution >= 0.6 is 11.6 Å². The normalized spacial score (nSPS) is 25.4. The number of rotatable bonds is 3. The van der Waals surface area contributed by atoms with Crippen molar-refractivity contribution in [2.24, 2.45) is 0 Å². The molecule has 0 amide bonds. The molecule has 0 fully saturated rings. The Balaban J connectivity index is 2.04. The van der Waals surface area contributed by atoms with Crippen LogP contribution < -0.4 is 0 Å². The lowest BCUT2D eigenvalue weighted by molar-refractivity contribution is -0.0279. The van der Waals surface area contributed by atoms with E-state index in [9.17, 15) is 0 Å². The molecule has 0 spiro atoms. The summed E-state index contributed by atoms with van der Waals surface area (Å²) in [5.74, 6) is 0. The lowest BCUT2D eigenvalue weighted by atomic mass is 9.83. The van der Waals surface area contributed by atoms with Crippen molar-refractivity contribution in [1.82, 2.24) is 4.90 Å². The average Bonchev–Trinajstić information content (AvgIpc) is 2.50. The minimum Gasteiger partial charge on any atom is -0.474 e. The molecule has 0 saturated heterocycles. The zero-order valence-electron chi connectivity index (χ0n) is 13.6. The predicted octanol–water partition coefficient (Wildman–Crippen LogP) is 4.07. The number of allylic oxidation sites excluding steroid dienone is 7. The number of fused-ring (bicyclic) bond motifs is 2. The molecule has 0 bridgehead atoms. The van der Waals surface area contributed by atoms with E-state index in [2.05, 4.69) is 37.2 Å². The first-order valence-electron chi connectivity index (χ1n) is 7.89. The van der Waals surface area contributed by atoms with Gasteiger partial charge in [0, 0.05) is 17.2 Å². The Labute approximate surface area is 142 Å². The van der Waals surface area contributed by atoms with E-state index in [0.717, 1.165) is 35.6 Å². The van der Waals surface area contributed by atoms with Gasteiger partial charge in [-0.3, -0.25) is 0 Å². The van der Waals surface area contributed by atoms with Gasteiger partial charge in [0.15, 0.2) is 6.79 Å². The van der Waals surface area contributed by atoms with Gasteiger partial charge in [-0.05, 0) is 61.9 Å². The Hall–Kier alpha value is -1.55. The number of ether oxygens (including phenoxy) is 2. The second-order valence-corrected chi connectivity index (χ2v) is 6.53. The molecule has 2 aliphatic carbocycles. The topological polar surface area (TPSA) is 21.7 Å². The van der Waals surface area contributed by atoms with Gasteiger partial charge in [-0.2, -0.15) is 0 Å². The second kappa shape index (κ2) is 7.35. The van der Waals surface area contributed by atoms with E-state index in [1.165, 1.54) is 11.1 Å². The first-order chi connectivity index (χ1) is 11.1. The third-order valence-corrected chi connectivity index (χ3v) is 4.29. The van der Waals surface area contributed by atoms with Crippen molar-refractivity contribution in [2.45, 2.75) is 18.9 Å². The van der Waals surface area contributed by atoms with Crippen LogP contribution in [0.3, 0.4) is 0 Å². The van der Waals surface area contributed by atoms with Crippen LogP contribution in [-0.4, -0.2) is 38.4 Å². The number of hydrogen-bond acceptors (Lipinski definition) is 3. The van der Waals surface area contributed by atoms with Gasteiger partial charge in [0.05, 0.1) is 6.26 Å². The maximum absolute atomic E-state index is 6.25. The standard InChI is InChI=1S/C19H22ClNO2/c1-21(2)10-4-7-14-5-3-6-15-12-22-13-23-18-9-8-16(20)11-17(18)19(14)15/h3,6-9,11-12,18H,4-5,10,13H2,1-2H3. The average molecular weight is 332 g/mol. The first-order valence-corrected chi connectivity index (χ1v) is 8.27. The second-order valence-electron chi connectivity index (χ2n) is 6.09. The quantitative estimate of drug-likeness (QED) is 0.778. The molecule has 122 valence electrons. The minimum absolute atomic E-state index is 0.111. The molecule has 1 unspecified atom stereocenters. The van der Waals surface area contributed by atoms with Crippen molar-refractivity contribution in [2.75, 3.05) is 27.4 Å². The zero-order valence-corrected chi connectivity index (χ0v) is 14.3. The van der Waals surface area contributed by atoms with E-state index in [1.807, 2.05) is 18.2 Å². The molecule has 0 aromatic rings. The molecule has 3 aliphatic rings. The highest BCUT2D eigenvalue weighted by molar-refractivity contribution is 6.31. The highest BCUT2D eigenvalue weighted by Crippen LogP contribution is 2.37. The SMILES string of the molecule is CN(C)CCC=C1CC=CC2=COCOC3C=CC(Cl)=CC3=C21. The summed E-state index contributed by atoms with van der Waals surface area (Å²) in [7, 11) is 4.18. The largest absolute Gasteiger partial charge is 0.474 e. The Bertz CT molecular complexity index is 650. The summed E-state index contributed by atoms with van der Waals surface area (Å²) in [4.78, 5) is 2.19. The van der Waals surface area contributed by atoms with Gasteiger partial charge in [-0.15, -0.1) is 0 Å². The summed E-state index contributed by atoms with van der Waals surface area (Å²) >= 11 is 6.25. The Morgan fingerprint density at radius 1 is 1.35 bits per heavy atom. The molecule has 3 rings (SSSR count). The summed E-state index contributed by atoms with van der Waals surface area (Å²) in [6.45, 7) is 1.27. The Morgan fingerprint density at radius 3 is 3.04 bits per heavy atom. The van der Waals surface area contributed by atoms with Crippen LogP contribution in [0.1, 0.15) is 12.8 Å². The van der Waals surface area contributed by atoms with Crippen molar-refractivity contribution in [3.63, 3.8) is 0 Å². The van der Waals surface area contributed by atoms with Crippen LogP contribution in [0.15, 0.2) is 70.0 Å². The van der Waals surface area contributed by atoms with Crippen molar-refractivity contribution in [3.8, 4) is 0 Å². The van der Waals surface area contributed by atoms with E-state index < -0.39 is 0 Å². The Morgan fingerprint density at radius 2 is 2.22 bits per heavy atom. The van der Waals surface area contributed by atoms with Crippen LogP contribution in [-0.2, 0) is 9.47 Å². The third-order valence-electron chi connectivity index (χ3n) is 4.06. The van der Waals surface area contributed by atoms with Crippen molar-refractivity contribution >= 4 is 11.6 Å². The molecule has 3 nitrogen and oxygen atoms in total. The van der Waals surface area contributed by atoms with Gasteiger partial charge < -0.3 is 14.4 Å². The Kier molecular flexibility index (Phi) is 5.21. The molecule has 0 aromatic carbocycles. The highest BCUT2D eigenvalue weighted by atomic mass is 35.5. The summed E-state index contributed by atoms with van der Waals surface area (Å²) in [6, 6.07) is 0. The minimum atomic E-state index is -0.111. The van der Waals surface area contributed by atoms with Gasteiger partial charge >= 0.3 is 0 Å². The molecule has 23 heavy (non-hydrogen) atoms. The molecule has 0 radical (unpaired) electrons. The lowest BCUT2D eigenvalue weighted by Gasteiger charge is -2.28. The fourth-order valence-electron chi connectivity index (χ4n) is 2.97. The maximum atomic E-state index is 6.25. The van der Waals surface area contributed by atoms with Gasteiger partial charge in [0.25, 0.3) is 0 Å². The summed E-state index contributed by atoms with van der Waals surface area (Å²) < 4.78 is 11.3. The van der Waals surface area contributed by atoms with E-state index >= 15 is 0 Å². The summed E-state index contributed by atoms with van der Waals surface area (Å²) in [5, 5.41) is 0.732. The van der Waals surface area contributed by atoms with Crippen LogP contribution in [0.5, 0.6) is 0 Å². The monoisotopic (exact) mass is 331 g/mol. The highest BCUT2D eigenvalue weighted by Gasteiger charge is 2.25. The van der Waals surface area contributed by atoms with Crippen molar-refractivity contribution in [3.05, 3.63) is 70.0 Å². The number of halogens is 1. The molecule has 0 saturated carbocycles. The van der Waals surface area contributed by atoms with Crippen molar-refractivity contribution < 1.29 is 9.47 Å². The molecule has 4 heteroatoms. The van der Waals surface area contributed by atoms with Crippen molar-refractivity contribution in [1.29, 1.82) is 0 Å². The predicted molar refractivity (Wildman–Crippen MR) is 94.0 cm³/mol. The molecule has 0 aromatic heterocycles. The fourth-order valence-corrected chi connectivity index (χ4v) is 3.16. The molecular weight excluding hydrogens is 310 g/mol. The van der Waals surface area contributed by atoms with Crippen LogP contribution in [0.4, 0.5) is 0 Å². The van der Waals surface area contributed by atoms with Gasteiger partial charge in [-0.25, -0.2) is 0 Å². The summed E-state index contributed by atoms with van der Waals surface area (Å²) in [5.41, 5.74) is 4.71. The summed E-state index contributed by atoms with van der Waals surface area (Å²) in [6.07, 6.45) is 16.1. The van der Waals surface area contributed by atoms with Gasteiger partial charge in [0.1, 0.15) is 6.10 Å². The first kappa shape index (κ1) is 16.3. The van der Waals surface area contributed by atoms with Crippen LogP contribution in [0, 0.1) is 0 Å². The van der Waals surface area contributed by atoms with Crippen LogP contribution in [0.25, 0.3) is 0 Å². The molecule has 1 aliphatic heterocycles. The molecule has 1 atom stereocenters. The van der Waals surface area contributed by atoms with Gasteiger partial charge in [-0.1, -0.05) is 29.8 Å². The maximum Gasteiger partial charge on any atom is 0.189 e. The van der Waals surface area contributed by atoms with E-state index in [1.54, 1.807) is 6.26 Å². The zero-order chi connectivity index (χ0) is 16.2. The lowest BCUT2D eigenvalue weighted by Crippen LogP contribution is -2.21. The van der Waals surface area contributed by atoms with Gasteiger partial charge in [0.2, 0.25) is 0 Å². The van der Waals surface area contributed by atoms with E-state index in [4.69, 9.17) is 21.1 Å². The van der Waals surface area contributed by atoms with E-state index in [-0.39, 0.29) is 12.9 Å². The van der Waals surface area contributed by atoms with Crippen LogP contribution in [0.2, 0.25) is 0 Å². The number of hydrogen-bond donors (Lipinski definition) is 0. The smallest absolute Gasteiger partial charge is 0.189 e.